The Labute approximate surface area is 110 Å². The van der Waals surface area contributed by atoms with Gasteiger partial charge in [-0.2, -0.15) is 8.42 Å². The molecule has 5 heteroatoms. The molecule has 1 rings (SSSR count). The molecule has 0 N–H and O–H groups in total. The molecule has 3 nitrogen and oxygen atoms in total. The van der Waals surface area contributed by atoms with Crippen LogP contribution >= 0.6 is 0 Å². The first-order valence-corrected chi connectivity index (χ1v) is 5.87. The molecule has 82 valence electrons. The molecule has 1 aromatic carbocycles. The molecule has 0 radical (unpaired) electrons. The van der Waals surface area contributed by atoms with Gasteiger partial charge >= 0.3 is 23.1 Å². The van der Waals surface area contributed by atoms with Crippen LogP contribution in [0.2, 0.25) is 0 Å². The van der Waals surface area contributed by atoms with Crippen LogP contribution in [0.1, 0.15) is 16.7 Å². The van der Waals surface area contributed by atoms with E-state index in [9.17, 15) is 8.42 Å². The van der Waals surface area contributed by atoms with Crippen LogP contribution in [0, 0.1) is 5.92 Å². The maximum atomic E-state index is 11.5. The van der Waals surface area contributed by atoms with E-state index in [0.29, 0.717) is 0 Å². The topological polar surface area (TPSA) is 43.4 Å². The molecule has 0 unspecified atom stereocenters. The maximum Gasteiger partial charge on any atom is 2.00 e. The van der Waals surface area contributed by atoms with Crippen LogP contribution in [-0.4, -0.2) is 38.1 Å². The predicted octanol–water partition coefficient (Wildman–Crippen LogP) is 1.89. The van der Waals surface area contributed by atoms with Crippen molar-refractivity contribution in [2.24, 2.45) is 5.92 Å². The van der Waals surface area contributed by atoms with Crippen molar-refractivity contribution in [2.45, 2.75) is 18.7 Å². The first-order valence-electron chi connectivity index (χ1n) is 4.47. The van der Waals surface area contributed by atoms with E-state index in [0.717, 1.165) is 0 Å². The minimum atomic E-state index is -3.56. The number of benzene rings is 1. The largest absolute Gasteiger partial charge is 2.00 e. The van der Waals surface area contributed by atoms with E-state index in [4.69, 9.17) is 4.18 Å². The van der Waals surface area contributed by atoms with Crippen LogP contribution in [0.5, 0.6) is 0 Å². The fraction of sp³-hybridized carbons (Fsp3) is 0.400. The average Bonchev–Trinajstić information content (AvgIpc) is 2.16. The summed E-state index contributed by atoms with van der Waals surface area (Å²) in [5.41, 5.74) is 0. The number of hydrogen-bond donors (Lipinski definition) is 0. The van der Waals surface area contributed by atoms with Crippen molar-refractivity contribution in [2.75, 3.05) is 6.61 Å². The first-order chi connectivity index (χ1) is 6.52. The summed E-state index contributed by atoms with van der Waals surface area (Å²) in [5.74, 6) is 0.202. The third kappa shape index (κ3) is 4.97. The van der Waals surface area contributed by atoms with Gasteiger partial charge < -0.3 is 2.85 Å². The third-order valence-corrected chi connectivity index (χ3v) is 2.88. The molecule has 0 saturated carbocycles. The van der Waals surface area contributed by atoms with Crippen LogP contribution in [-0.2, 0) is 14.3 Å². The average molecular weight is 241 g/mol. The Bertz CT molecular complexity index is 382. The predicted molar refractivity (Wildman–Crippen MR) is 62.4 cm³/mol. The Morgan fingerprint density at radius 3 is 2.27 bits per heavy atom. The number of hydrogen-bond acceptors (Lipinski definition) is 3. The molecule has 0 saturated heterocycles. The first kappa shape index (κ1) is 14.9. The molecule has 0 aliphatic rings. The number of rotatable bonds is 4. The minimum Gasteiger partial charge on any atom is -1.00 e. The Morgan fingerprint density at radius 1 is 1.27 bits per heavy atom. The van der Waals surface area contributed by atoms with Crippen LogP contribution in [0.25, 0.3) is 0 Å². The van der Waals surface area contributed by atoms with E-state index in [2.05, 4.69) is 0 Å². The molecule has 0 spiro atoms. The van der Waals surface area contributed by atoms with Gasteiger partial charge in [0.2, 0.25) is 0 Å². The van der Waals surface area contributed by atoms with E-state index >= 15 is 0 Å². The molecule has 0 bridgehead atoms. The summed E-state index contributed by atoms with van der Waals surface area (Å²) in [6, 6.07) is 8.16. The van der Waals surface area contributed by atoms with Crippen molar-refractivity contribution in [3.05, 3.63) is 30.3 Å². The van der Waals surface area contributed by atoms with Crippen molar-refractivity contribution in [3.63, 3.8) is 0 Å². The Kier molecular flexibility index (Phi) is 6.43. The summed E-state index contributed by atoms with van der Waals surface area (Å²) in [6.07, 6.45) is 0. The van der Waals surface area contributed by atoms with Crippen LogP contribution in [0.15, 0.2) is 35.2 Å². The van der Waals surface area contributed by atoms with Crippen LogP contribution in [0.3, 0.4) is 0 Å². The van der Waals surface area contributed by atoms with Gasteiger partial charge in [0.25, 0.3) is 10.1 Å². The van der Waals surface area contributed by atoms with E-state index < -0.39 is 10.1 Å². The molecule has 15 heavy (non-hydrogen) atoms. The summed E-state index contributed by atoms with van der Waals surface area (Å²) < 4.78 is 27.9. The SMILES string of the molecule is CC(C)COS(=O)(=O)c1ccccc1.[H-].[H-].[Mg+2]. The quantitative estimate of drug-likeness (QED) is 0.596. The zero-order valence-corrected chi connectivity index (χ0v) is 11.2. The second kappa shape index (κ2) is 6.47. The fourth-order valence-corrected chi connectivity index (χ4v) is 1.96. The molecular weight excluding hydrogens is 224 g/mol. The summed E-state index contributed by atoms with van der Waals surface area (Å²) >= 11 is 0. The van der Waals surface area contributed by atoms with E-state index in [1.807, 2.05) is 13.8 Å². The van der Waals surface area contributed by atoms with E-state index in [1.54, 1.807) is 18.2 Å². The molecule has 0 aliphatic carbocycles. The molecule has 0 atom stereocenters. The summed E-state index contributed by atoms with van der Waals surface area (Å²) in [7, 11) is -3.56. The van der Waals surface area contributed by atoms with Crippen molar-refractivity contribution in [1.82, 2.24) is 0 Å². The summed E-state index contributed by atoms with van der Waals surface area (Å²) in [4.78, 5) is 0.209. The van der Waals surface area contributed by atoms with Crippen molar-refractivity contribution >= 4 is 33.2 Å². The van der Waals surface area contributed by atoms with Crippen LogP contribution in [0.4, 0.5) is 0 Å². The maximum absolute atomic E-state index is 11.5. The fourth-order valence-electron chi connectivity index (χ4n) is 0.881. The van der Waals surface area contributed by atoms with Gasteiger partial charge in [0.15, 0.2) is 0 Å². The van der Waals surface area contributed by atoms with Crippen LogP contribution < -0.4 is 0 Å². The van der Waals surface area contributed by atoms with Gasteiger partial charge in [-0.25, -0.2) is 0 Å². The Morgan fingerprint density at radius 2 is 1.80 bits per heavy atom. The normalized spacial score (nSPS) is 11.1. The van der Waals surface area contributed by atoms with Crippen molar-refractivity contribution in [1.29, 1.82) is 0 Å². The second-order valence-corrected chi connectivity index (χ2v) is 5.06. The molecule has 0 aliphatic heterocycles. The molecule has 0 amide bonds. The Balaban J connectivity index is -0.000000653. The van der Waals surface area contributed by atoms with Gasteiger partial charge in [-0.15, -0.1) is 0 Å². The molecule has 1 aromatic rings. The van der Waals surface area contributed by atoms with Gasteiger partial charge in [-0.05, 0) is 18.1 Å². The summed E-state index contributed by atoms with van der Waals surface area (Å²) in [5, 5.41) is 0. The molecular formula is C10H16MgO3S. The monoisotopic (exact) mass is 240 g/mol. The van der Waals surface area contributed by atoms with E-state index in [-0.39, 0.29) is 43.3 Å². The molecule has 0 fully saturated rings. The standard InChI is InChI=1S/C10H14O3S.Mg.2H/c1-9(2)8-13-14(11,12)10-6-4-3-5-7-10;;;/h3-7,9H,8H2,1-2H3;;;/q;+2;2*-1. The van der Waals surface area contributed by atoms with Gasteiger partial charge in [0.05, 0.1) is 11.5 Å². The minimum absolute atomic E-state index is 0. The van der Waals surface area contributed by atoms with Gasteiger partial charge in [-0.1, -0.05) is 32.0 Å². The van der Waals surface area contributed by atoms with Gasteiger partial charge in [0.1, 0.15) is 0 Å². The zero-order valence-electron chi connectivity index (χ0n) is 11.0. The zero-order chi connectivity index (χ0) is 10.6. The Hall–Kier alpha value is -0.104. The molecule has 0 aromatic heterocycles. The van der Waals surface area contributed by atoms with Gasteiger partial charge in [-0.3, -0.25) is 4.18 Å². The smallest absolute Gasteiger partial charge is 1.00 e. The van der Waals surface area contributed by atoms with Gasteiger partial charge in [0, 0.05) is 0 Å². The molecule has 0 heterocycles. The van der Waals surface area contributed by atoms with Crippen molar-refractivity contribution in [3.8, 4) is 0 Å². The third-order valence-electron chi connectivity index (χ3n) is 1.59. The summed E-state index contributed by atoms with van der Waals surface area (Å²) in [6.45, 7) is 4.03. The second-order valence-electron chi connectivity index (χ2n) is 3.45. The van der Waals surface area contributed by atoms with Crippen molar-refractivity contribution < 1.29 is 15.5 Å². The van der Waals surface area contributed by atoms with E-state index in [1.165, 1.54) is 12.1 Å².